The van der Waals surface area contributed by atoms with Crippen LogP contribution in [0.15, 0.2) is 0 Å². The highest BCUT2D eigenvalue weighted by atomic mass is 35.5. The van der Waals surface area contributed by atoms with Crippen LogP contribution in [0.1, 0.15) is 25.7 Å². The van der Waals surface area contributed by atoms with Crippen molar-refractivity contribution in [1.29, 1.82) is 0 Å². The lowest BCUT2D eigenvalue weighted by atomic mass is 9.96. The number of hydrogen-bond donors (Lipinski definition) is 2. The molecule has 2 rings (SSSR count). The summed E-state index contributed by atoms with van der Waals surface area (Å²) in [6, 6.07) is -0.681. The monoisotopic (exact) mass is 248 g/mol. The average molecular weight is 249 g/mol. The maximum absolute atomic E-state index is 11.6. The Balaban J connectivity index is 0.00000128. The van der Waals surface area contributed by atoms with Gasteiger partial charge in [-0.1, -0.05) is 0 Å². The smallest absolute Gasteiger partial charge is 0.322 e. The van der Waals surface area contributed by atoms with E-state index in [4.69, 9.17) is 5.73 Å². The van der Waals surface area contributed by atoms with Gasteiger partial charge in [-0.2, -0.15) is 0 Å². The SMILES string of the molecule is COC(=O)[C@@H](N)C[C@@H]1CC2(CC2)NC1=O.Cl. The summed E-state index contributed by atoms with van der Waals surface area (Å²) in [5.74, 6) is -0.534. The Morgan fingerprint density at radius 3 is 2.75 bits per heavy atom. The number of nitrogens with one attached hydrogen (secondary N) is 1. The van der Waals surface area contributed by atoms with E-state index in [-0.39, 0.29) is 29.8 Å². The van der Waals surface area contributed by atoms with E-state index < -0.39 is 12.0 Å². The molecule has 1 aliphatic heterocycles. The molecular weight excluding hydrogens is 232 g/mol. The zero-order valence-corrected chi connectivity index (χ0v) is 10.0. The highest BCUT2D eigenvalue weighted by Crippen LogP contribution is 2.46. The van der Waals surface area contributed by atoms with Crippen molar-refractivity contribution in [3.63, 3.8) is 0 Å². The van der Waals surface area contributed by atoms with Gasteiger partial charge in [0.05, 0.1) is 7.11 Å². The molecule has 2 atom stereocenters. The van der Waals surface area contributed by atoms with E-state index in [1.165, 1.54) is 7.11 Å². The van der Waals surface area contributed by atoms with Crippen molar-refractivity contribution in [2.45, 2.75) is 37.3 Å². The van der Waals surface area contributed by atoms with Gasteiger partial charge >= 0.3 is 5.97 Å². The first kappa shape index (κ1) is 13.3. The van der Waals surface area contributed by atoms with Crippen LogP contribution in [0.25, 0.3) is 0 Å². The molecule has 1 saturated heterocycles. The molecule has 92 valence electrons. The minimum Gasteiger partial charge on any atom is -0.468 e. The third-order valence-electron chi connectivity index (χ3n) is 3.29. The number of esters is 1. The summed E-state index contributed by atoms with van der Waals surface area (Å²) < 4.78 is 4.53. The van der Waals surface area contributed by atoms with Crippen LogP contribution < -0.4 is 11.1 Å². The van der Waals surface area contributed by atoms with Gasteiger partial charge in [-0.15, -0.1) is 12.4 Å². The van der Waals surface area contributed by atoms with Crippen molar-refractivity contribution in [1.82, 2.24) is 5.32 Å². The molecule has 0 radical (unpaired) electrons. The third-order valence-corrected chi connectivity index (χ3v) is 3.29. The van der Waals surface area contributed by atoms with Crippen LogP contribution in [0.2, 0.25) is 0 Å². The van der Waals surface area contributed by atoms with Gasteiger partial charge in [0.25, 0.3) is 0 Å². The van der Waals surface area contributed by atoms with Gasteiger partial charge in [0.2, 0.25) is 5.91 Å². The number of nitrogens with two attached hydrogens (primary N) is 1. The summed E-state index contributed by atoms with van der Waals surface area (Å²) in [5.41, 5.74) is 5.68. The van der Waals surface area contributed by atoms with Crippen molar-refractivity contribution in [2.24, 2.45) is 11.7 Å². The lowest BCUT2D eigenvalue weighted by Crippen LogP contribution is -2.35. The highest BCUT2D eigenvalue weighted by molar-refractivity contribution is 5.85. The van der Waals surface area contributed by atoms with E-state index in [1.54, 1.807) is 0 Å². The number of hydrogen-bond acceptors (Lipinski definition) is 4. The molecule has 5 nitrogen and oxygen atoms in total. The Labute approximate surface area is 100 Å². The Morgan fingerprint density at radius 2 is 2.31 bits per heavy atom. The van der Waals surface area contributed by atoms with Gasteiger partial charge in [-0.25, -0.2) is 0 Å². The van der Waals surface area contributed by atoms with Crippen LogP contribution in [0, 0.1) is 5.92 Å². The molecule has 1 amide bonds. The van der Waals surface area contributed by atoms with Crippen LogP contribution in [-0.2, 0) is 14.3 Å². The van der Waals surface area contributed by atoms with Gasteiger partial charge in [0.15, 0.2) is 0 Å². The number of carbonyl (C=O) groups excluding carboxylic acids is 2. The molecule has 0 unspecified atom stereocenters. The number of methoxy groups -OCH3 is 1. The van der Waals surface area contributed by atoms with Gasteiger partial charge in [0, 0.05) is 11.5 Å². The molecule has 0 aromatic heterocycles. The van der Waals surface area contributed by atoms with Crippen LogP contribution >= 0.6 is 12.4 Å². The van der Waals surface area contributed by atoms with Gasteiger partial charge in [-0.05, 0) is 25.7 Å². The summed E-state index contributed by atoms with van der Waals surface area (Å²) in [5, 5.41) is 2.97. The molecule has 3 N–H and O–H groups in total. The van der Waals surface area contributed by atoms with Gasteiger partial charge < -0.3 is 15.8 Å². The summed E-state index contributed by atoms with van der Waals surface area (Å²) in [7, 11) is 1.30. The van der Waals surface area contributed by atoms with Crippen molar-refractivity contribution >= 4 is 24.3 Å². The molecular formula is C10H17ClN2O3. The minimum atomic E-state index is -0.681. The fourth-order valence-corrected chi connectivity index (χ4v) is 2.20. The highest BCUT2D eigenvalue weighted by Gasteiger charge is 2.52. The minimum absolute atomic E-state index is 0. The molecule has 0 aromatic rings. The quantitative estimate of drug-likeness (QED) is 0.687. The summed E-state index contributed by atoms with van der Waals surface area (Å²) in [6.45, 7) is 0. The van der Waals surface area contributed by atoms with Crippen molar-refractivity contribution in [3.8, 4) is 0 Å². The summed E-state index contributed by atoms with van der Waals surface area (Å²) in [4.78, 5) is 22.7. The number of amides is 1. The summed E-state index contributed by atoms with van der Waals surface area (Å²) >= 11 is 0. The molecule has 1 aliphatic carbocycles. The van der Waals surface area contributed by atoms with E-state index >= 15 is 0 Å². The first-order valence-electron chi connectivity index (χ1n) is 5.22. The maximum atomic E-state index is 11.6. The van der Waals surface area contributed by atoms with Crippen LogP contribution in [0.3, 0.4) is 0 Å². The van der Waals surface area contributed by atoms with Crippen molar-refractivity contribution < 1.29 is 14.3 Å². The molecule has 0 aromatic carbocycles. The number of carbonyl (C=O) groups is 2. The van der Waals surface area contributed by atoms with Crippen LogP contribution in [0.5, 0.6) is 0 Å². The third kappa shape index (κ3) is 2.47. The Kier molecular flexibility index (Phi) is 3.80. The van der Waals surface area contributed by atoms with E-state index in [2.05, 4.69) is 10.1 Å². The largest absolute Gasteiger partial charge is 0.468 e. The number of halogens is 1. The molecule has 2 fully saturated rings. The Morgan fingerprint density at radius 1 is 1.69 bits per heavy atom. The van der Waals surface area contributed by atoms with E-state index in [9.17, 15) is 9.59 Å². The molecule has 0 bridgehead atoms. The van der Waals surface area contributed by atoms with Gasteiger partial charge in [0.1, 0.15) is 6.04 Å². The average Bonchev–Trinajstić information content (AvgIpc) is 2.87. The van der Waals surface area contributed by atoms with Crippen molar-refractivity contribution in [3.05, 3.63) is 0 Å². The van der Waals surface area contributed by atoms with Crippen LogP contribution in [0.4, 0.5) is 0 Å². The maximum Gasteiger partial charge on any atom is 0.322 e. The second-order valence-corrected chi connectivity index (χ2v) is 4.54. The summed E-state index contributed by atoms with van der Waals surface area (Å²) in [6.07, 6.45) is 3.32. The lowest BCUT2D eigenvalue weighted by Gasteiger charge is -2.12. The molecule has 1 saturated carbocycles. The second kappa shape index (κ2) is 4.59. The van der Waals surface area contributed by atoms with Crippen molar-refractivity contribution in [2.75, 3.05) is 7.11 Å². The Bertz CT molecular complexity index is 304. The molecule has 16 heavy (non-hydrogen) atoms. The first-order chi connectivity index (χ1) is 7.06. The van der Waals surface area contributed by atoms with E-state index in [0.29, 0.717) is 6.42 Å². The molecule has 2 aliphatic rings. The fraction of sp³-hybridized carbons (Fsp3) is 0.800. The predicted molar refractivity (Wildman–Crippen MR) is 60.1 cm³/mol. The molecule has 6 heteroatoms. The molecule has 1 heterocycles. The van der Waals surface area contributed by atoms with Crippen LogP contribution in [-0.4, -0.2) is 30.6 Å². The normalized spacial score (nSPS) is 26.9. The standard InChI is InChI=1S/C10H16N2O3.ClH/c1-15-9(14)7(11)4-6-5-10(2-3-10)12-8(6)13;/h6-7H,2-5,11H2,1H3,(H,12,13);1H/t6-,7+;/m1./s1. The number of ether oxygens (including phenoxy) is 1. The van der Waals surface area contributed by atoms with Gasteiger partial charge in [-0.3, -0.25) is 9.59 Å². The fourth-order valence-electron chi connectivity index (χ4n) is 2.20. The zero-order chi connectivity index (χ0) is 11.1. The predicted octanol–water partition coefficient (Wildman–Crippen LogP) is -0.0327. The van der Waals surface area contributed by atoms with E-state index in [1.807, 2.05) is 0 Å². The second-order valence-electron chi connectivity index (χ2n) is 4.54. The topological polar surface area (TPSA) is 81.4 Å². The molecule has 1 spiro atoms. The lowest BCUT2D eigenvalue weighted by molar-refractivity contribution is -0.142. The zero-order valence-electron chi connectivity index (χ0n) is 9.19. The number of rotatable bonds is 3. The Hall–Kier alpha value is -0.810. The van der Waals surface area contributed by atoms with E-state index in [0.717, 1.165) is 19.3 Å². The first-order valence-corrected chi connectivity index (χ1v) is 5.22.